The summed E-state index contributed by atoms with van der Waals surface area (Å²) in [4.78, 5) is 11.9. The number of phenolic OH excluding ortho intramolecular Hbond substituents is 1. The van der Waals surface area contributed by atoms with Gasteiger partial charge in [0.15, 0.2) is 0 Å². The van der Waals surface area contributed by atoms with E-state index in [0.29, 0.717) is 5.88 Å². The van der Waals surface area contributed by atoms with E-state index in [9.17, 15) is 9.90 Å². The maximum atomic E-state index is 11.9. The lowest BCUT2D eigenvalue weighted by Gasteiger charge is -2.10. The van der Waals surface area contributed by atoms with E-state index in [-0.39, 0.29) is 18.1 Å². The van der Waals surface area contributed by atoms with Crippen molar-refractivity contribution in [1.82, 2.24) is 9.78 Å². The van der Waals surface area contributed by atoms with E-state index in [0.717, 1.165) is 11.4 Å². The summed E-state index contributed by atoms with van der Waals surface area (Å²) in [7, 11) is 0. The number of nitrogens with zero attached hydrogens (tertiary/aromatic N) is 2. The van der Waals surface area contributed by atoms with E-state index >= 15 is 0 Å². The number of hydrogen-bond donors (Lipinski definition) is 1. The largest absolute Gasteiger partial charge is 0.507 e. The predicted octanol–water partition coefficient (Wildman–Crippen LogP) is 3.08. The van der Waals surface area contributed by atoms with Crippen molar-refractivity contribution in [1.29, 1.82) is 0 Å². The normalized spacial score (nSPS) is 10.4. The number of para-hydroxylation sites is 2. The molecule has 0 amide bonds. The molecule has 3 aromatic rings. The van der Waals surface area contributed by atoms with Crippen LogP contribution in [0.1, 0.15) is 16.1 Å². The summed E-state index contributed by atoms with van der Waals surface area (Å²) in [5, 5.41) is 14.0. The number of carbonyl (C=O) groups is 1. The zero-order chi connectivity index (χ0) is 16.9. The van der Waals surface area contributed by atoms with Gasteiger partial charge in [-0.15, -0.1) is 0 Å². The lowest BCUT2D eigenvalue weighted by Crippen LogP contribution is -2.12. The van der Waals surface area contributed by atoms with Crippen molar-refractivity contribution in [3.63, 3.8) is 0 Å². The molecule has 0 saturated carbocycles. The predicted molar refractivity (Wildman–Crippen MR) is 87.3 cm³/mol. The van der Waals surface area contributed by atoms with Gasteiger partial charge in [0.25, 0.3) is 0 Å². The van der Waals surface area contributed by atoms with Crippen LogP contribution in [0.4, 0.5) is 0 Å². The average molecular weight is 324 g/mol. The molecule has 6 nitrogen and oxygen atoms in total. The topological polar surface area (TPSA) is 73.6 Å². The fourth-order valence-electron chi connectivity index (χ4n) is 2.20. The van der Waals surface area contributed by atoms with E-state index in [1.54, 1.807) is 22.9 Å². The molecule has 0 fully saturated rings. The Labute approximate surface area is 138 Å². The van der Waals surface area contributed by atoms with Crippen LogP contribution in [0.5, 0.6) is 11.6 Å². The molecule has 0 unspecified atom stereocenters. The molecule has 0 atom stereocenters. The van der Waals surface area contributed by atoms with Gasteiger partial charge in [0.05, 0.1) is 11.4 Å². The molecule has 0 spiro atoms. The molecule has 1 aromatic heterocycles. The van der Waals surface area contributed by atoms with E-state index in [2.05, 4.69) is 5.10 Å². The Bertz CT molecular complexity index is 843. The van der Waals surface area contributed by atoms with Crippen LogP contribution in [0.25, 0.3) is 5.69 Å². The molecule has 0 saturated heterocycles. The van der Waals surface area contributed by atoms with Crippen molar-refractivity contribution in [2.75, 3.05) is 6.79 Å². The summed E-state index contributed by atoms with van der Waals surface area (Å²) in [5.41, 5.74) is 1.71. The quantitative estimate of drug-likeness (QED) is 0.577. The van der Waals surface area contributed by atoms with Crippen molar-refractivity contribution in [3.05, 3.63) is 71.9 Å². The number of rotatable bonds is 5. The highest BCUT2D eigenvalue weighted by molar-refractivity contribution is 5.92. The highest BCUT2D eigenvalue weighted by atomic mass is 16.7. The van der Waals surface area contributed by atoms with Crippen LogP contribution < -0.4 is 4.74 Å². The highest BCUT2D eigenvalue weighted by Gasteiger charge is 2.13. The number of esters is 1. The Morgan fingerprint density at radius 1 is 1.12 bits per heavy atom. The number of carbonyl (C=O) groups excluding carboxylic acids is 1. The number of hydrogen-bond acceptors (Lipinski definition) is 5. The van der Waals surface area contributed by atoms with Crippen LogP contribution in [0.15, 0.2) is 60.7 Å². The van der Waals surface area contributed by atoms with Crippen LogP contribution in [0, 0.1) is 6.92 Å². The fraction of sp³-hybridized carbons (Fsp3) is 0.111. The molecule has 3 rings (SSSR count). The van der Waals surface area contributed by atoms with Crippen molar-refractivity contribution < 1.29 is 19.4 Å². The number of phenols is 1. The van der Waals surface area contributed by atoms with Gasteiger partial charge in [-0.3, -0.25) is 0 Å². The minimum Gasteiger partial charge on any atom is -0.507 e. The first-order valence-electron chi connectivity index (χ1n) is 7.35. The summed E-state index contributed by atoms with van der Waals surface area (Å²) in [6.45, 7) is 1.56. The fourth-order valence-corrected chi connectivity index (χ4v) is 2.20. The third-order valence-electron chi connectivity index (χ3n) is 3.32. The molecule has 0 aliphatic carbocycles. The molecule has 2 aromatic carbocycles. The Hall–Kier alpha value is -3.28. The van der Waals surface area contributed by atoms with Gasteiger partial charge in [-0.25, -0.2) is 9.48 Å². The van der Waals surface area contributed by atoms with Crippen molar-refractivity contribution >= 4 is 5.97 Å². The molecule has 6 heteroatoms. The van der Waals surface area contributed by atoms with Crippen LogP contribution >= 0.6 is 0 Å². The summed E-state index contributed by atoms with van der Waals surface area (Å²) >= 11 is 0. The molecular weight excluding hydrogens is 308 g/mol. The first-order valence-corrected chi connectivity index (χ1v) is 7.35. The average Bonchev–Trinajstić information content (AvgIpc) is 2.97. The molecule has 0 radical (unpaired) electrons. The molecule has 0 aliphatic heterocycles. The van der Waals surface area contributed by atoms with Gasteiger partial charge in [-0.05, 0) is 31.2 Å². The number of benzene rings is 2. The first-order chi connectivity index (χ1) is 11.6. The van der Waals surface area contributed by atoms with Crippen LogP contribution in [-0.4, -0.2) is 27.6 Å². The summed E-state index contributed by atoms with van der Waals surface area (Å²) < 4.78 is 12.2. The minimum absolute atomic E-state index is 0.0915. The summed E-state index contributed by atoms with van der Waals surface area (Å²) in [6, 6.07) is 17.4. The zero-order valence-corrected chi connectivity index (χ0v) is 13.0. The summed E-state index contributed by atoms with van der Waals surface area (Å²) in [6.07, 6.45) is 0. The third kappa shape index (κ3) is 3.38. The first kappa shape index (κ1) is 15.6. The van der Waals surface area contributed by atoms with Crippen molar-refractivity contribution in [2.45, 2.75) is 6.92 Å². The Morgan fingerprint density at radius 2 is 1.83 bits per heavy atom. The molecular formula is C18H16N2O4. The monoisotopic (exact) mass is 324 g/mol. The van der Waals surface area contributed by atoms with Crippen LogP contribution in [0.3, 0.4) is 0 Å². The van der Waals surface area contributed by atoms with E-state index in [1.807, 2.05) is 37.3 Å². The molecule has 0 aliphatic rings. The lowest BCUT2D eigenvalue weighted by molar-refractivity contribution is 0.0131. The van der Waals surface area contributed by atoms with Crippen LogP contribution in [0.2, 0.25) is 0 Å². The number of aromatic nitrogens is 2. The second-order valence-electron chi connectivity index (χ2n) is 5.08. The smallest absolute Gasteiger partial charge is 0.344 e. The number of aromatic hydroxyl groups is 1. The van der Waals surface area contributed by atoms with Gasteiger partial charge in [0.1, 0.15) is 11.3 Å². The molecule has 1 N–H and O–H groups in total. The van der Waals surface area contributed by atoms with Gasteiger partial charge >= 0.3 is 5.97 Å². The molecule has 1 heterocycles. The van der Waals surface area contributed by atoms with E-state index in [4.69, 9.17) is 9.47 Å². The maximum Gasteiger partial charge on any atom is 0.344 e. The van der Waals surface area contributed by atoms with Crippen LogP contribution in [-0.2, 0) is 4.74 Å². The maximum absolute atomic E-state index is 11.9. The van der Waals surface area contributed by atoms with Crippen molar-refractivity contribution in [2.24, 2.45) is 0 Å². The second kappa shape index (κ2) is 6.87. The molecule has 0 bridgehead atoms. The Balaban J connectivity index is 1.68. The van der Waals surface area contributed by atoms with Gasteiger partial charge in [0, 0.05) is 6.07 Å². The van der Waals surface area contributed by atoms with Gasteiger partial charge < -0.3 is 14.6 Å². The SMILES string of the molecule is Cc1cc(OCOC(=O)c2ccccc2O)n(-c2ccccc2)n1. The summed E-state index contributed by atoms with van der Waals surface area (Å²) in [5.74, 6) is -0.327. The highest BCUT2D eigenvalue weighted by Crippen LogP contribution is 2.20. The van der Waals surface area contributed by atoms with Gasteiger partial charge in [0.2, 0.25) is 12.7 Å². The number of ether oxygens (including phenoxy) is 2. The van der Waals surface area contributed by atoms with Crippen molar-refractivity contribution in [3.8, 4) is 17.3 Å². The van der Waals surface area contributed by atoms with Gasteiger partial charge in [-0.1, -0.05) is 30.3 Å². The lowest BCUT2D eigenvalue weighted by atomic mass is 10.2. The molecule has 122 valence electrons. The Kier molecular flexibility index (Phi) is 4.47. The van der Waals surface area contributed by atoms with E-state index < -0.39 is 5.97 Å². The third-order valence-corrected chi connectivity index (χ3v) is 3.32. The number of aryl methyl sites for hydroxylation is 1. The zero-order valence-electron chi connectivity index (χ0n) is 13.0. The Morgan fingerprint density at radius 3 is 2.58 bits per heavy atom. The van der Waals surface area contributed by atoms with Gasteiger partial charge in [-0.2, -0.15) is 5.10 Å². The van der Waals surface area contributed by atoms with E-state index in [1.165, 1.54) is 12.1 Å². The standard InChI is InChI=1S/C18H16N2O4/c1-13-11-17(20(19-13)14-7-3-2-4-8-14)23-12-24-18(22)15-9-5-6-10-16(15)21/h2-11,21H,12H2,1H3. The molecule has 24 heavy (non-hydrogen) atoms. The second-order valence-corrected chi connectivity index (χ2v) is 5.08. The minimum atomic E-state index is -0.657.